The SMILES string of the molecule is O=C(O)CCCOc1cccc(/C=C/c2ccc3ccc(Cl)cc3n2)c1. The van der Waals surface area contributed by atoms with Gasteiger partial charge in [-0.3, -0.25) is 4.79 Å². The third-order valence-electron chi connectivity index (χ3n) is 3.78. The summed E-state index contributed by atoms with van der Waals surface area (Å²) in [5.41, 5.74) is 2.68. The van der Waals surface area contributed by atoms with Gasteiger partial charge in [0, 0.05) is 16.8 Å². The van der Waals surface area contributed by atoms with Gasteiger partial charge in [0.25, 0.3) is 0 Å². The lowest BCUT2D eigenvalue weighted by molar-refractivity contribution is -0.137. The molecule has 0 aliphatic heterocycles. The molecule has 0 bridgehead atoms. The predicted molar refractivity (Wildman–Crippen MR) is 104 cm³/mol. The highest BCUT2D eigenvalue weighted by molar-refractivity contribution is 6.31. The third-order valence-corrected chi connectivity index (χ3v) is 4.02. The largest absolute Gasteiger partial charge is 0.494 e. The first-order chi connectivity index (χ1) is 12.6. The molecular weight excluding hydrogens is 350 g/mol. The normalized spacial score (nSPS) is 11.1. The quantitative estimate of drug-likeness (QED) is 0.575. The Morgan fingerprint density at radius 2 is 1.96 bits per heavy atom. The number of carbonyl (C=O) groups is 1. The number of benzene rings is 2. The molecule has 0 aliphatic rings. The molecule has 0 radical (unpaired) electrons. The van der Waals surface area contributed by atoms with Crippen LogP contribution in [0, 0.1) is 0 Å². The monoisotopic (exact) mass is 367 g/mol. The number of carboxylic acids is 1. The second-order valence-corrected chi connectivity index (χ2v) is 6.26. The Balaban J connectivity index is 1.68. The van der Waals surface area contributed by atoms with E-state index in [0.717, 1.165) is 27.9 Å². The second kappa shape index (κ2) is 8.50. The van der Waals surface area contributed by atoms with E-state index in [-0.39, 0.29) is 6.42 Å². The minimum atomic E-state index is -0.811. The van der Waals surface area contributed by atoms with Crippen molar-refractivity contribution in [1.29, 1.82) is 0 Å². The van der Waals surface area contributed by atoms with Gasteiger partial charge in [0.2, 0.25) is 0 Å². The zero-order chi connectivity index (χ0) is 18.4. The van der Waals surface area contributed by atoms with E-state index in [4.69, 9.17) is 21.4 Å². The van der Waals surface area contributed by atoms with E-state index >= 15 is 0 Å². The van der Waals surface area contributed by atoms with Gasteiger partial charge in [0.05, 0.1) is 17.8 Å². The fourth-order valence-electron chi connectivity index (χ4n) is 2.50. The van der Waals surface area contributed by atoms with Crippen molar-refractivity contribution in [3.63, 3.8) is 0 Å². The molecule has 2 aromatic carbocycles. The Morgan fingerprint density at radius 3 is 2.81 bits per heavy atom. The van der Waals surface area contributed by atoms with E-state index in [0.29, 0.717) is 18.1 Å². The van der Waals surface area contributed by atoms with Crippen LogP contribution in [0.15, 0.2) is 54.6 Å². The summed E-state index contributed by atoms with van der Waals surface area (Å²) in [6.45, 7) is 0.381. The van der Waals surface area contributed by atoms with E-state index in [9.17, 15) is 4.79 Å². The molecule has 26 heavy (non-hydrogen) atoms. The predicted octanol–water partition coefficient (Wildman–Crippen LogP) is 5.30. The summed E-state index contributed by atoms with van der Waals surface area (Å²) in [5.74, 6) is -0.0924. The van der Waals surface area contributed by atoms with Crippen LogP contribution in [0.1, 0.15) is 24.1 Å². The molecule has 3 aromatic rings. The highest BCUT2D eigenvalue weighted by Gasteiger charge is 2.00. The average molecular weight is 368 g/mol. The van der Waals surface area contributed by atoms with Gasteiger partial charge < -0.3 is 9.84 Å². The van der Waals surface area contributed by atoms with Crippen molar-refractivity contribution < 1.29 is 14.6 Å². The van der Waals surface area contributed by atoms with E-state index in [1.807, 2.05) is 66.7 Å². The van der Waals surface area contributed by atoms with Crippen LogP contribution in [0.2, 0.25) is 5.02 Å². The molecule has 0 fully saturated rings. The Kier molecular flexibility index (Phi) is 5.87. The number of fused-ring (bicyclic) bond motifs is 1. The maximum absolute atomic E-state index is 10.5. The van der Waals surface area contributed by atoms with Crippen molar-refractivity contribution >= 4 is 40.6 Å². The highest BCUT2D eigenvalue weighted by Crippen LogP contribution is 2.20. The number of rotatable bonds is 7. The molecule has 4 nitrogen and oxygen atoms in total. The summed E-state index contributed by atoms with van der Waals surface area (Å²) in [6.07, 6.45) is 4.49. The second-order valence-electron chi connectivity index (χ2n) is 5.82. The smallest absolute Gasteiger partial charge is 0.303 e. The van der Waals surface area contributed by atoms with Crippen LogP contribution in [0.4, 0.5) is 0 Å². The number of nitrogens with zero attached hydrogens (tertiary/aromatic N) is 1. The minimum absolute atomic E-state index is 0.108. The molecule has 0 atom stereocenters. The van der Waals surface area contributed by atoms with E-state index in [1.165, 1.54) is 0 Å². The molecule has 132 valence electrons. The Labute approximate surface area is 156 Å². The van der Waals surface area contributed by atoms with Gasteiger partial charge in [-0.25, -0.2) is 4.98 Å². The first-order valence-electron chi connectivity index (χ1n) is 8.29. The van der Waals surface area contributed by atoms with Crippen molar-refractivity contribution in [2.24, 2.45) is 0 Å². The van der Waals surface area contributed by atoms with Crippen molar-refractivity contribution in [3.05, 3.63) is 70.9 Å². The maximum atomic E-state index is 10.5. The molecule has 0 saturated heterocycles. The molecule has 0 amide bonds. The summed E-state index contributed by atoms with van der Waals surface area (Å²) in [4.78, 5) is 15.1. The summed E-state index contributed by atoms with van der Waals surface area (Å²) in [6, 6.07) is 17.3. The van der Waals surface area contributed by atoms with Gasteiger partial charge in [-0.15, -0.1) is 0 Å². The molecular formula is C21H18ClNO3. The number of carboxylic acid groups (broad SMARTS) is 1. The molecule has 0 saturated carbocycles. The van der Waals surface area contributed by atoms with Crippen molar-refractivity contribution in [3.8, 4) is 5.75 Å². The Bertz CT molecular complexity index is 953. The first kappa shape index (κ1) is 18.0. The summed E-state index contributed by atoms with van der Waals surface area (Å²) < 4.78 is 5.59. The van der Waals surface area contributed by atoms with Crippen LogP contribution in [-0.4, -0.2) is 22.7 Å². The number of hydrogen-bond acceptors (Lipinski definition) is 3. The fourth-order valence-corrected chi connectivity index (χ4v) is 2.67. The van der Waals surface area contributed by atoms with Crippen molar-refractivity contribution in [1.82, 2.24) is 4.98 Å². The topological polar surface area (TPSA) is 59.4 Å². The number of aromatic nitrogens is 1. The van der Waals surface area contributed by atoms with Crippen molar-refractivity contribution in [2.75, 3.05) is 6.61 Å². The standard InChI is InChI=1S/C21H18ClNO3/c22-17-9-7-16-8-11-18(23-20(16)14-17)10-6-15-3-1-4-19(13-15)26-12-2-5-21(24)25/h1,3-4,6-11,13-14H,2,5,12H2,(H,24,25)/b10-6+. The molecule has 5 heteroatoms. The maximum Gasteiger partial charge on any atom is 0.303 e. The lowest BCUT2D eigenvalue weighted by Gasteiger charge is -2.06. The average Bonchev–Trinajstić information content (AvgIpc) is 2.63. The Hall–Kier alpha value is -2.85. The van der Waals surface area contributed by atoms with Gasteiger partial charge in [-0.2, -0.15) is 0 Å². The van der Waals surface area contributed by atoms with Gasteiger partial charge in [0.1, 0.15) is 5.75 Å². The molecule has 1 N–H and O–H groups in total. The lowest BCUT2D eigenvalue weighted by atomic mass is 10.1. The summed E-state index contributed by atoms with van der Waals surface area (Å²) >= 11 is 6.03. The number of aliphatic carboxylic acids is 1. The Morgan fingerprint density at radius 1 is 1.12 bits per heavy atom. The van der Waals surface area contributed by atoms with E-state index in [1.54, 1.807) is 0 Å². The number of hydrogen-bond donors (Lipinski definition) is 1. The van der Waals surface area contributed by atoms with E-state index in [2.05, 4.69) is 4.98 Å². The van der Waals surface area contributed by atoms with Crippen LogP contribution in [0.5, 0.6) is 5.75 Å². The van der Waals surface area contributed by atoms with Crippen LogP contribution >= 0.6 is 11.6 Å². The van der Waals surface area contributed by atoms with E-state index < -0.39 is 5.97 Å². The van der Waals surface area contributed by atoms with Crippen LogP contribution in [0.25, 0.3) is 23.1 Å². The molecule has 0 spiro atoms. The molecule has 1 heterocycles. The molecule has 0 aliphatic carbocycles. The number of halogens is 1. The van der Waals surface area contributed by atoms with Gasteiger partial charge in [-0.05, 0) is 48.4 Å². The number of ether oxygens (including phenoxy) is 1. The minimum Gasteiger partial charge on any atom is -0.494 e. The molecule has 0 unspecified atom stereocenters. The first-order valence-corrected chi connectivity index (χ1v) is 8.67. The van der Waals surface area contributed by atoms with Crippen LogP contribution in [-0.2, 0) is 4.79 Å². The lowest BCUT2D eigenvalue weighted by Crippen LogP contribution is -2.02. The zero-order valence-corrected chi connectivity index (χ0v) is 14.8. The zero-order valence-electron chi connectivity index (χ0n) is 14.1. The number of pyridine rings is 1. The van der Waals surface area contributed by atoms with Gasteiger partial charge in [-0.1, -0.05) is 41.9 Å². The van der Waals surface area contributed by atoms with Gasteiger partial charge in [0.15, 0.2) is 0 Å². The molecule has 3 rings (SSSR count). The highest BCUT2D eigenvalue weighted by atomic mass is 35.5. The van der Waals surface area contributed by atoms with Crippen LogP contribution < -0.4 is 4.74 Å². The van der Waals surface area contributed by atoms with Gasteiger partial charge >= 0.3 is 5.97 Å². The molecule has 1 aromatic heterocycles. The fraction of sp³-hybridized carbons (Fsp3) is 0.143. The third kappa shape index (κ3) is 5.07. The van der Waals surface area contributed by atoms with Crippen molar-refractivity contribution in [2.45, 2.75) is 12.8 Å². The summed E-state index contributed by atoms with van der Waals surface area (Å²) in [5, 5.41) is 10.3. The summed E-state index contributed by atoms with van der Waals surface area (Å²) in [7, 11) is 0. The van der Waals surface area contributed by atoms with Crippen LogP contribution in [0.3, 0.4) is 0 Å².